The Kier molecular flexibility index (Phi) is 1.43. The van der Waals surface area contributed by atoms with Crippen LogP contribution in [0.25, 0.3) is 0 Å². The van der Waals surface area contributed by atoms with E-state index < -0.39 is 0 Å². The molecule has 1 aromatic rings. The zero-order chi connectivity index (χ0) is 8.72. The number of rotatable bonds is 0. The average molecular weight is 165 g/mol. The van der Waals surface area contributed by atoms with E-state index in [1.54, 1.807) is 6.92 Å². The van der Waals surface area contributed by atoms with Gasteiger partial charge in [0.25, 0.3) is 5.56 Å². The second-order valence-electron chi connectivity index (χ2n) is 3.14. The van der Waals surface area contributed by atoms with E-state index in [1.807, 2.05) is 22.7 Å². The molecule has 4 heteroatoms. The molecular formula is C8H11N3O. The van der Waals surface area contributed by atoms with Crippen molar-refractivity contribution >= 4 is 5.95 Å². The minimum atomic E-state index is -0.116. The average Bonchev–Trinajstić information content (AvgIpc) is 2.35. The molecule has 1 aromatic heterocycles. The number of aromatic nitrogens is 2. The van der Waals surface area contributed by atoms with Crippen LogP contribution in [0.4, 0.5) is 5.95 Å². The van der Waals surface area contributed by atoms with Gasteiger partial charge in [-0.15, -0.1) is 0 Å². The summed E-state index contributed by atoms with van der Waals surface area (Å²) in [6, 6.07) is 0. The highest BCUT2D eigenvalue weighted by Crippen LogP contribution is 2.13. The van der Waals surface area contributed by atoms with Crippen LogP contribution < -0.4 is 10.5 Å². The molecule has 0 radical (unpaired) electrons. The van der Waals surface area contributed by atoms with Gasteiger partial charge in [-0.2, -0.15) is 4.98 Å². The first-order valence-corrected chi connectivity index (χ1v) is 3.98. The van der Waals surface area contributed by atoms with Gasteiger partial charge in [-0.3, -0.25) is 4.79 Å². The third-order valence-corrected chi connectivity index (χ3v) is 2.16. The minimum absolute atomic E-state index is 0.116. The molecule has 64 valence electrons. The van der Waals surface area contributed by atoms with Crippen LogP contribution in [-0.4, -0.2) is 23.1 Å². The largest absolute Gasteiger partial charge is 0.343 e. The maximum absolute atomic E-state index is 11.2. The van der Waals surface area contributed by atoms with E-state index in [1.165, 1.54) is 0 Å². The Morgan fingerprint density at radius 2 is 2.25 bits per heavy atom. The van der Waals surface area contributed by atoms with Crippen LogP contribution in [0, 0.1) is 6.92 Å². The molecule has 2 rings (SSSR count). The summed E-state index contributed by atoms with van der Waals surface area (Å²) in [5, 5.41) is 0. The van der Waals surface area contributed by atoms with Gasteiger partial charge < -0.3 is 9.47 Å². The zero-order valence-corrected chi connectivity index (χ0v) is 7.24. The van der Waals surface area contributed by atoms with Gasteiger partial charge in [0.1, 0.15) is 0 Å². The quantitative estimate of drug-likeness (QED) is 0.543. The topological polar surface area (TPSA) is 38.1 Å². The van der Waals surface area contributed by atoms with Crippen molar-refractivity contribution in [3.63, 3.8) is 0 Å². The third-order valence-electron chi connectivity index (χ3n) is 2.16. The predicted molar refractivity (Wildman–Crippen MR) is 46.5 cm³/mol. The first-order valence-electron chi connectivity index (χ1n) is 3.98. The summed E-state index contributed by atoms with van der Waals surface area (Å²) in [4.78, 5) is 17.1. The number of likely N-dealkylation sites (N-methyl/N-ethyl adjacent to an activating group) is 1. The van der Waals surface area contributed by atoms with Gasteiger partial charge in [-0.1, -0.05) is 0 Å². The molecule has 12 heavy (non-hydrogen) atoms. The van der Waals surface area contributed by atoms with E-state index in [9.17, 15) is 4.79 Å². The van der Waals surface area contributed by atoms with Crippen molar-refractivity contribution in [3.8, 4) is 0 Å². The van der Waals surface area contributed by atoms with Crippen LogP contribution in [0.3, 0.4) is 0 Å². The molecule has 0 aromatic carbocycles. The molecule has 0 atom stereocenters. The van der Waals surface area contributed by atoms with E-state index in [4.69, 9.17) is 0 Å². The lowest BCUT2D eigenvalue weighted by Gasteiger charge is -2.08. The Bertz CT molecular complexity index is 369. The summed E-state index contributed by atoms with van der Waals surface area (Å²) in [7, 11) is 1.95. The highest BCUT2D eigenvalue weighted by molar-refractivity contribution is 5.33. The lowest BCUT2D eigenvalue weighted by Crippen LogP contribution is -2.19. The van der Waals surface area contributed by atoms with Crippen molar-refractivity contribution < 1.29 is 0 Å². The molecule has 0 saturated heterocycles. The minimum Gasteiger partial charge on any atom is -0.343 e. The summed E-state index contributed by atoms with van der Waals surface area (Å²) in [6.07, 6.45) is 1.87. The first kappa shape index (κ1) is 7.34. The number of fused-ring (bicyclic) bond motifs is 1. The Morgan fingerprint density at radius 1 is 1.50 bits per heavy atom. The molecule has 0 amide bonds. The summed E-state index contributed by atoms with van der Waals surface area (Å²) in [5.74, 6) is 0.783. The van der Waals surface area contributed by atoms with Crippen LogP contribution in [0.5, 0.6) is 0 Å². The van der Waals surface area contributed by atoms with Crippen molar-refractivity contribution in [1.82, 2.24) is 9.55 Å². The fourth-order valence-corrected chi connectivity index (χ4v) is 1.42. The van der Waals surface area contributed by atoms with E-state index >= 15 is 0 Å². The first-order chi connectivity index (χ1) is 5.68. The Hall–Kier alpha value is -1.32. The van der Waals surface area contributed by atoms with Gasteiger partial charge in [0.2, 0.25) is 5.95 Å². The van der Waals surface area contributed by atoms with Crippen LogP contribution >= 0.6 is 0 Å². The fraction of sp³-hybridized carbons (Fsp3) is 0.500. The monoisotopic (exact) mass is 165 g/mol. The molecule has 0 unspecified atom stereocenters. The van der Waals surface area contributed by atoms with E-state index in [-0.39, 0.29) is 5.56 Å². The number of anilines is 1. The maximum atomic E-state index is 11.2. The van der Waals surface area contributed by atoms with E-state index in [2.05, 4.69) is 4.98 Å². The molecule has 0 fully saturated rings. The van der Waals surface area contributed by atoms with Gasteiger partial charge in [-0.05, 0) is 6.92 Å². The van der Waals surface area contributed by atoms with Crippen molar-refractivity contribution in [2.45, 2.75) is 13.5 Å². The highest BCUT2D eigenvalue weighted by atomic mass is 16.1. The normalized spacial score (nSPS) is 15.0. The van der Waals surface area contributed by atoms with Gasteiger partial charge in [0.15, 0.2) is 0 Å². The van der Waals surface area contributed by atoms with Crippen molar-refractivity contribution in [1.29, 1.82) is 0 Å². The van der Waals surface area contributed by atoms with Crippen molar-refractivity contribution in [2.75, 3.05) is 18.5 Å². The van der Waals surface area contributed by atoms with Gasteiger partial charge in [0, 0.05) is 31.9 Å². The SMILES string of the molecule is Cc1cn2c(nc1=O)N(C)CC2. The second kappa shape index (κ2) is 2.33. The lowest BCUT2D eigenvalue weighted by atomic mass is 10.4. The zero-order valence-electron chi connectivity index (χ0n) is 7.24. The maximum Gasteiger partial charge on any atom is 0.277 e. The standard InChI is InChI=1S/C8H11N3O/c1-6-5-11-4-3-10(2)8(11)9-7(6)12/h5H,3-4H2,1-2H3. The van der Waals surface area contributed by atoms with E-state index in [0.29, 0.717) is 5.56 Å². The van der Waals surface area contributed by atoms with Crippen LogP contribution in [-0.2, 0) is 6.54 Å². The van der Waals surface area contributed by atoms with Gasteiger partial charge in [-0.25, -0.2) is 0 Å². The molecule has 2 heterocycles. The Labute approximate surface area is 70.5 Å². The van der Waals surface area contributed by atoms with Gasteiger partial charge >= 0.3 is 0 Å². The number of hydrogen-bond donors (Lipinski definition) is 0. The lowest BCUT2D eigenvalue weighted by molar-refractivity contribution is 0.775. The van der Waals surface area contributed by atoms with Crippen LogP contribution in [0.1, 0.15) is 5.56 Å². The smallest absolute Gasteiger partial charge is 0.277 e. The summed E-state index contributed by atoms with van der Waals surface area (Å²) < 4.78 is 2.01. The van der Waals surface area contributed by atoms with Gasteiger partial charge in [0.05, 0.1) is 0 Å². The number of aryl methyl sites for hydroxylation is 1. The molecule has 1 aliphatic heterocycles. The molecule has 0 saturated carbocycles. The molecule has 0 bridgehead atoms. The molecule has 4 nitrogen and oxygen atoms in total. The van der Waals surface area contributed by atoms with Crippen LogP contribution in [0.2, 0.25) is 0 Å². The number of nitrogens with zero attached hydrogens (tertiary/aromatic N) is 3. The molecule has 0 aliphatic carbocycles. The summed E-state index contributed by atoms with van der Waals surface area (Å²) in [5.41, 5.74) is 0.601. The number of hydrogen-bond acceptors (Lipinski definition) is 3. The van der Waals surface area contributed by atoms with Crippen LogP contribution in [0.15, 0.2) is 11.0 Å². The molecule has 0 spiro atoms. The van der Waals surface area contributed by atoms with E-state index in [0.717, 1.165) is 19.0 Å². The molecule has 1 aliphatic rings. The second-order valence-corrected chi connectivity index (χ2v) is 3.14. The van der Waals surface area contributed by atoms with Crippen molar-refractivity contribution in [2.24, 2.45) is 0 Å². The third kappa shape index (κ3) is 0.913. The molecule has 0 N–H and O–H groups in total. The highest BCUT2D eigenvalue weighted by Gasteiger charge is 2.16. The Morgan fingerprint density at radius 3 is 3.00 bits per heavy atom. The molecular weight excluding hydrogens is 154 g/mol. The summed E-state index contributed by atoms with van der Waals surface area (Å²) >= 11 is 0. The fourth-order valence-electron chi connectivity index (χ4n) is 1.42. The Balaban J connectivity index is 2.64. The van der Waals surface area contributed by atoms with Crippen molar-refractivity contribution in [3.05, 3.63) is 22.1 Å². The predicted octanol–water partition coefficient (Wildman–Crippen LogP) is 0.00152. The summed E-state index contributed by atoms with van der Waals surface area (Å²) in [6.45, 7) is 3.66.